The van der Waals surface area contributed by atoms with Crippen LogP contribution in [0.1, 0.15) is 18.4 Å². The van der Waals surface area contributed by atoms with Crippen LogP contribution < -0.4 is 15.2 Å². The Labute approximate surface area is 101 Å². The largest absolute Gasteiger partial charge is 0.486 e. The first-order valence-electron chi connectivity index (χ1n) is 6.06. The molecule has 0 bridgehead atoms. The predicted octanol–water partition coefficient (Wildman–Crippen LogP) is 1.10. The molecule has 94 valence electrons. The van der Waals surface area contributed by atoms with Crippen molar-refractivity contribution in [2.75, 3.05) is 19.8 Å². The molecule has 3 N–H and O–H groups in total. The molecule has 1 aliphatic heterocycles. The molecule has 0 saturated carbocycles. The number of hydrogen-bond donors (Lipinski definition) is 2. The number of aliphatic hydroxyl groups is 1. The van der Waals surface area contributed by atoms with Crippen LogP contribution in [0.4, 0.5) is 0 Å². The highest BCUT2D eigenvalue weighted by molar-refractivity contribution is 5.43. The van der Waals surface area contributed by atoms with E-state index >= 15 is 0 Å². The molecule has 0 amide bonds. The van der Waals surface area contributed by atoms with Gasteiger partial charge in [-0.05, 0) is 43.5 Å². The molecule has 1 aliphatic rings. The van der Waals surface area contributed by atoms with Crippen molar-refractivity contribution in [1.29, 1.82) is 0 Å². The van der Waals surface area contributed by atoms with Gasteiger partial charge in [0, 0.05) is 0 Å². The van der Waals surface area contributed by atoms with Crippen molar-refractivity contribution < 1.29 is 14.6 Å². The Morgan fingerprint density at radius 3 is 2.71 bits per heavy atom. The summed E-state index contributed by atoms with van der Waals surface area (Å²) in [5.41, 5.74) is 6.55. The maximum atomic E-state index is 9.61. The molecule has 1 heterocycles. The van der Waals surface area contributed by atoms with Crippen molar-refractivity contribution in [3.8, 4) is 11.5 Å². The van der Waals surface area contributed by atoms with E-state index in [0.29, 0.717) is 26.2 Å². The Balaban J connectivity index is 1.93. The highest BCUT2D eigenvalue weighted by atomic mass is 16.6. The minimum Gasteiger partial charge on any atom is -0.486 e. The highest BCUT2D eigenvalue weighted by Crippen LogP contribution is 2.31. The lowest BCUT2D eigenvalue weighted by atomic mass is 10.0. The lowest BCUT2D eigenvalue weighted by Gasteiger charge is -2.19. The molecule has 2 rings (SSSR count). The topological polar surface area (TPSA) is 64.7 Å². The monoisotopic (exact) mass is 237 g/mol. The van der Waals surface area contributed by atoms with E-state index in [1.54, 1.807) is 0 Å². The first-order chi connectivity index (χ1) is 8.29. The summed E-state index contributed by atoms with van der Waals surface area (Å²) in [5, 5.41) is 9.61. The molecule has 0 aromatic heterocycles. The fourth-order valence-electron chi connectivity index (χ4n) is 1.91. The Kier molecular flexibility index (Phi) is 4.23. The second kappa shape index (κ2) is 5.89. The molecule has 1 unspecified atom stereocenters. The van der Waals surface area contributed by atoms with Gasteiger partial charge in [0.05, 0.1) is 6.10 Å². The average molecular weight is 237 g/mol. The Morgan fingerprint density at radius 1 is 1.18 bits per heavy atom. The second-order valence-electron chi connectivity index (χ2n) is 4.25. The van der Waals surface area contributed by atoms with Crippen LogP contribution in [0.2, 0.25) is 0 Å². The summed E-state index contributed by atoms with van der Waals surface area (Å²) >= 11 is 0. The van der Waals surface area contributed by atoms with Gasteiger partial charge in [-0.25, -0.2) is 0 Å². The molecule has 4 heteroatoms. The third-order valence-electron chi connectivity index (χ3n) is 2.87. The molecule has 1 aromatic carbocycles. The van der Waals surface area contributed by atoms with Gasteiger partial charge in [0.25, 0.3) is 0 Å². The Morgan fingerprint density at radius 2 is 1.94 bits per heavy atom. The molecule has 17 heavy (non-hydrogen) atoms. The van der Waals surface area contributed by atoms with E-state index < -0.39 is 0 Å². The first-order valence-corrected chi connectivity index (χ1v) is 6.06. The fourth-order valence-corrected chi connectivity index (χ4v) is 1.91. The van der Waals surface area contributed by atoms with Crippen LogP contribution in [-0.4, -0.2) is 31.0 Å². The van der Waals surface area contributed by atoms with E-state index in [0.717, 1.165) is 29.9 Å². The SMILES string of the molecule is NCCC(O)CCc1ccc2c(c1)OCCO2. The highest BCUT2D eigenvalue weighted by Gasteiger charge is 2.12. The van der Waals surface area contributed by atoms with E-state index in [9.17, 15) is 5.11 Å². The Hall–Kier alpha value is -1.26. The first kappa shape index (κ1) is 12.2. The Bertz CT molecular complexity index is 368. The van der Waals surface area contributed by atoms with Gasteiger partial charge in [0.1, 0.15) is 13.2 Å². The van der Waals surface area contributed by atoms with Crippen molar-refractivity contribution in [2.45, 2.75) is 25.4 Å². The number of nitrogens with two attached hydrogens (primary N) is 1. The summed E-state index contributed by atoms with van der Waals surface area (Å²) in [4.78, 5) is 0. The molecular weight excluding hydrogens is 218 g/mol. The number of ether oxygens (including phenoxy) is 2. The van der Waals surface area contributed by atoms with Gasteiger partial charge in [0.2, 0.25) is 0 Å². The van der Waals surface area contributed by atoms with Gasteiger partial charge >= 0.3 is 0 Å². The third-order valence-corrected chi connectivity index (χ3v) is 2.87. The lowest BCUT2D eigenvalue weighted by Crippen LogP contribution is -2.16. The van der Waals surface area contributed by atoms with E-state index in [1.165, 1.54) is 0 Å². The van der Waals surface area contributed by atoms with Crippen LogP contribution in [0, 0.1) is 0 Å². The van der Waals surface area contributed by atoms with Crippen molar-refractivity contribution in [1.82, 2.24) is 0 Å². The van der Waals surface area contributed by atoms with Crippen LogP contribution in [0.3, 0.4) is 0 Å². The van der Waals surface area contributed by atoms with Gasteiger partial charge in [-0.15, -0.1) is 0 Å². The molecule has 0 radical (unpaired) electrons. The number of benzene rings is 1. The van der Waals surface area contributed by atoms with Crippen molar-refractivity contribution in [3.63, 3.8) is 0 Å². The molecule has 0 saturated heterocycles. The molecule has 4 nitrogen and oxygen atoms in total. The van der Waals surface area contributed by atoms with E-state index in [1.807, 2.05) is 18.2 Å². The van der Waals surface area contributed by atoms with Crippen molar-refractivity contribution in [2.24, 2.45) is 5.73 Å². The second-order valence-corrected chi connectivity index (χ2v) is 4.25. The zero-order valence-electron chi connectivity index (χ0n) is 9.89. The van der Waals surface area contributed by atoms with Gasteiger partial charge in [-0.2, -0.15) is 0 Å². The summed E-state index contributed by atoms with van der Waals surface area (Å²) in [6, 6.07) is 5.94. The van der Waals surface area contributed by atoms with E-state index in [-0.39, 0.29) is 6.10 Å². The number of fused-ring (bicyclic) bond motifs is 1. The quantitative estimate of drug-likeness (QED) is 0.805. The van der Waals surface area contributed by atoms with Gasteiger partial charge in [0.15, 0.2) is 11.5 Å². The zero-order chi connectivity index (χ0) is 12.1. The predicted molar refractivity (Wildman–Crippen MR) is 65.4 cm³/mol. The number of aryl methyl sites for hydroxylation is 1. The molecule has 0 spiro atoms. The van der Waals surface area contributed by atoms with Crippen LogP contribution >= 0.6 is 0 Å². The number of hydrogen-bond acceptors (Lipinski definition) is 4. The van der Waals surface area contributed by atoms with Crippen LogP contribution in [0.15, 0.2) is 18.2 Å². The van der Waals surface area contributed by atoms with Crippen LogP contribution in [-0.2, 0) is 6.42 Å². The summed E-state index contributed by atoms with van der Waals surface area (Å²) in [6.07, 6.45) is 1.91. The minimum atomic E-state index is -0.312. The average Bonchev–Trinajstić information content (AvgIpc) is 2.36. The summed E-state index contributed by atoms with van der Waals surface area (Å²) in [5.74, 6) is 1.62. The summed E-state index contributed by atoms with van der Waals surface area (Å²) < 4.78 is 11.0. The van der Waals surface area contributed by atoms with Gasteiger partial charge in [-0.3, -0.25) is 0 Å². The summed E-state index contributed by atoms with van der Waals surface area (Å²) in [7, 11) is 0. The van der Waals surface area contributed by atoms with E-state index in [4.69, 9.17) is 15.2 Å². The number of rotatable bonds is 5. The normalized spacial score (nSPS) is 15.6. The van der Waals surface area contributed by atoms with Gasteiger partial charge < -0.3 is 20.3 Å². The molecule has 1 aromatic rings. The van der Waals surface area contributed by atoms with Crippen LogP contribution in [0.5, 0.6) is 11.5 Å². The smallest absolute Gasteiger partial charge is 0.161 e. The molecule has 0 aliphatic carbocycles. The molecular formula is C13H19NO3. The maximum Gasteiger partial charge on any atom is 0.161 e. The minimum absolute atomic E-state index is 0.312. The third kappa shape index (κ3) is 3.35. The zero-order valence-corrected chi connectivity index (χ0v) is 9.89. The standard InChI is InChI=1S/C13H19NO3/c14-6-5-11(15)3-1-10-2-4-12-13(9-10)17-8-7-16-12/h2,4,9,11,15H,1,3,5-8,14H2. The van der Waals surface area contributed by atoms with Crippen LogP contribution in [0.25, 0.3) is 0 Å². The van der Waals surface area contributed by atoms with Crippen molar-refractivity contribution >= 4 is 0 Å². The fraction of sp³-hybridized carbons (Fsp3) is 0.538. The lowest BCUT2D eigenvalue weighted by molar-refractivity contribution is 0.157. The molecule has 0 fully saturated rings. The summed E-state index contributed by atoms with van der Waals surface area (Å²) in [6.45, 7) is 1.75. The van der Waals surface area contributed by atoms with Crippen molar-refractivity contribution in [3.05, 3.63) is 23.8 Å². The van der Waals surface area contributed by atoms with E-state index in [2.05, 4.69) is 0 Å². The van der Waals surface area contributed by atoms with Gasteiger partial charge in [-0.1, -0.05) is 6.07 Å². The molecule has 1 atom stereocenters. The maximum absolute atomic E-state index is 9.61. The number of aliphatic hydroxyl groups excluding tert-OH is 1.